The molecule has 1 aromatic carbocycles. The topological polar surface area (TPSA) is 61.0 Å². The minimum Gasteiger partial charge on any atom is -0.346 e. The molecule has 2 aromatic heterocycles. The van der Waals surface area contributed by atoms with Gasteiger partial charge in [-0.2, -0.15) is 0 Å². The fourth-order valence-electron chi connectivity index (χ4n) is 3.51. The minimum atomic E-state index is -0.00554. The van der Waals surface area contributed by atoms with E-state index in [4.69, 9.17) is 0 Å². The van der Waals surface area contributed by atoms with Crippen molar-refractivity contribution < 1.29 is 4.79 Å². The van der Waals surface area contributed by atoms with Gasteiger partial charge in [0.2, 0.25) is 0 Å². The van der Waals surface area contributed by atoms with Crippen LogP contribution in [0.15, 0.2) is 54.7 Å². The van der Waals surface area contributed by atoms with Crippen LogP contribution in [0.25, 0.3) is 11.0 Å². The quantitative estimate of drug-likeness (QED) is 0.768. The number of fused-ring (bicyclic) bond motifs is 1. The number of H-pyrrole nitrogens is 1. The summed E-state index contributed by atoms with van der Waals surface area (Å²) in [5.74, 6) is 0.425. The summed E-state index contributed by atoms with van der Waals surface area (Å²) >= 11 is 0. The molecule has 0 spiro atoms. The lowest BCUT2D eigenvalue weighted by molar-refractivity contribution is 0.179. The number of urea groups is 1. The van der Waals surface area contributed by atoms with Crippen LogP contribution < -0.4 is 5.32 Å². The van der Waals surface area contributed by atoms with Crippen molar-refractivity contribution in [2.75, 3.05) is 13.1 Å². The summed E-state index contributed by atoms with van der Waals surface area (Å²) < 4.78 is 0. The number of rotatable bonds is 3. The maximum absolute atomic E-state index is 12.5. The molecule has 0 aliphatic carbocycles. The highest BCUT2D eigenvalue weighted by atomic mass is 16.2. The van der Waals surface area contributed by atoms with Gasteiger partial charge in [-0.3, -0.25) is 0 Å². The number of hydrogen-bond donors (Lipinski definition) is 2. The van der Waals surface area contributed by atoms with Crippen molar-refractivity contribution in [3.05, 3.63) is 66.0 Å². The molecule has 1 aliphatic heterocycles. The van der Waals surface area contributed by atoms with E-state index in [9.17, 15) is 4.79 Å². The highest BCUT2D eigenvalue weighted by Gasteiger charge is 2.24. The van der Waals surface area contributed by atoms with Crippen LogP contribution in [0, 0.1) is 0 Å². The van der Waals surface area contributed by atoms with Crippen molar-refractivity contribution in [2.45, 2.75) is 25.3 Å². The Morgan fingerprint density at radius 2 is 2.08 bits per heavy atom. The van der Waals surface area contributed by atoms with Gasteiger partial charge < -0.3 is 15.2 Å². The number of aromatic amines is 1. The highest BCUT2D eigenvalue weighted by Crippen LogP contribution is 2.26. The van der Waals surface area contributed by atoms with Gasteiger partial charge in [0, 0.05) is 30.6 Å². The number of nitrogens with zero attached hydrogens (tertiary/aromatic N) is 2. The fourth-order valence-corrected chi connectivity index (χ4v) is 3.51. The average Bonchev–Trinajstić information content (AvgIpc) is 3.15. The lowest BCUT2D eigenvalue weighted by Gasteiger charge is -2.33. The number of nitrogens with one attached hydrogen (secondary N) is 2. The Kier molecular flexibility index (Phi) is 4.37. The van der Waals surface area contributed by atoms with E-state index in [1.54, 1.807) is 0 Å². The maximum Gasteiger partial charge on any atom is 0.317 e. The van der Waals surface area contributed by atoms with Gasteiger partial charge >= 0.3 is 6.03 Å². The number of piperidine rings is 1. The first-order valence-electron chi connectivity index (χ1n) is 8.80. The Bertz CT molecular complexity index is 858. The molecule has 2 amide bonds. The molecule has 0 saturated carbocycles. The monoisotopic (exact) mass is 334 g/mol. The predicted octanol–water partition coefficient (Wildman–Crippen LogP) is 3.65. The number of aromatic nitrogens is 2. The van der Waals surface area contributed by atoms with Gasteiger partial charge in [0.1, 0.15) is 5.65 Å². The molecule has 3 aromatic rings. The second kappa shape index (κ2) is 6.97. The third-order valence-corrected chi connectivity index (χ3v) is 4.87. The Labute approximate surface area is 147 Å². The van der Waals surface area contributed by atoms with Crippen molar-refractivity contribution in [3.8, 4) is 0 Å². The molecule has 1 atom stereocenters. The molecule has 4 rings (SSSR count). The van der Waals surface area contributed by atoms with Gasteiger partial charge in [0.25, 0.3) is 0 Å². The zero-order valence-electron chi connectivity index (χ0n) is 14.1. The average molecular weight is 334 g/mol. The number of hydrogen-bond acceptors (Lipinski definition) is 2. The predicted molar refractivity (Wildman–Crippen MR) is 98.3 cm³/mol. The molecule has 25 heavy (non-hydrogen) atoms. The van der Waals surface area contributed by atoms with Gasteiger partial charge in [0.05, 0.1) is 12.2 Å². The molecule has 1 unspecified atom stereocenters. The van der Waals surface area contributed by atoms with Gasteiger partial charge in [-0.15, -0.1) is 0 Å². The first kappa shape index (κ1) is 15.7. The summed E-state index contributed by atoms with van der Waals surface area (Å²) in [6.07, 6.45) is 4.05. The largest absolute Gasteiger partial charge is 0.346 e. The Balaban J connectivity index is 1.37. The van der Waals surface area contributed by atoms with Crippen LogP contribution in [0.1, 0.15) is 30.0 Å². The first-order chi connectivity index (χ1) is 12.3. The molecule has 1 aliphatic rings. The van der Waals surface area contributed by atoms with E-state index in [-0.39, 0.29) is 6.03 Å². The second-order valence-electron chi connectivity index (χ2n) is 6.57. The molecule has 3 heterocycles. The van der Waals surface area contributed by atoms with Crippen LogP contribution in [-0.4, -0.2) is 34.0 Å². The van der Waals surface area contributed by atoms with Crippen LogP contribution in [-0.2, 0) is 6.54 Å². The minimum absolute atomic E-state index is 0.00554. The number of pyridine rings is 1. The number of carbonyl (C=O) groups is 1. The van der Waals surface area contributed by atoms with Crippen LogP contribution in [0.3, 0.4) is 0 Å². The molecule has 5 heteroatoms. The van der Waals surface area contributed by atoms with Gasteiger partial charge in [-0.25, -0.2) is 9.78 Å². The Hall–Kier alpha value is -2.82. The highest BCUT2D eigenvalue weighted by molar-refractivity contribution is 5.76. The normalized spacial score (nSPS) is 17.6. The number of carbonyl (C=O) groups excluding carboxylic acids is 1. The summed E-state index contributed by atoms with van der Waals surface area (Å²) in [5, 5.41) is 4.09. The van der Waals surface area contributed by atoms with Gasteiger partial charge in [-0.05, 0) is 36.6 Å². The molecular formula is C20H22N4O. The zero-order valence-corrected chi connectivity index (χ0v) is 14.1. The third kappa shape index (κ3) is 3.50. The van der Waals surface area contributed by atoms with Crippen molar-refractivity contribution >= 4 is 17.1 Å². The number of likely N-dealkylation sites (tertiary alicyclic amines) is 1. The van der Waals surface area contributed by atoms with Crippen molar-refractivity contribution in [1.82, 2.24) is 20.2 Å². The molecule has 128 valence electrons. The lowest BCUT2D eigenvalue weighted by Crippen LogP contribution is -2.44. The van der Waals surface area contributed by atoms with E-state index in [2.05, 4.69) is 39.6 Å². The molecule has 0 radical (unpaired) electrons. The molecular weight excluding hydrogens is 312 g/mol. The summed E-state index contributed by atoms with van der Waals surface area (Å²) in [5.41, 5.74) is 3.03. The van der Waals surface area contributed by atoms with Crippen molar-refractivity contribution in [1.29, 1.82) is 0 Å². The van der Waals surface area contributed by atoms with Crippen LogP contribution in [0.2, 0.25) is 0 Å². The summed E-state index contributed by atoms with van der Waals surface area (Å²) in [6, 6.07) is 16.4. The standard InChI is InChI=1S/C20H22N4O/c25-20(22-13-18-9-8-16-10-11-21-19(16)23-18)24-12-4-7-17(14-24)15-5-2-1-3-6-15/h1-3,5-6,8-11,17H,4,7,12-14H2,(H,21,23)(H,22,25). The van der Waals surface area contributed by atoms with E-state index in [0.717, 1.165) is 42.7 Å². The van der Waals surface area contributed by atoms with E-state index in [1.807, 2.05) is 35.4 Å². The SMILES string of the molecule is O=C(NCc1ccc2cc[nH]c2n1)N1CCCC(c2ccccc2)C1. The van der Waals surface area contributed by atoms with Crippen LogP contribution in [0.5, 0.6) is 0 Å². The summed E-state index contributed by atoms with van der Waals surface area (Å²) in [6.45, 7) is 2.04. The lowest BCUT2D eigenvalue weighted by atomic mass is 9.91. The molecule has 1 saturated heterocycles. The molecule has 1 fully saturated rings. The van der Waals surface area contributed by atoms with E-state index in [1.165, 1.54) is 5.56 Å². The first-order valence-corrected chi connectivity index (χ1v) is 8.80. The smallest absolute Gasteiger partial charge is 0.317 e. The van der Waals surface area contributed by atoms with Gasteiger partial charge in [-0.1, -0.05) is 30.3 Å². The number of amides is 2. The van der Waals surface area contributed by atoms with E-state index >= 15 is 0 Å². The Morgan fingerprint density at radius 1 is 1.20 bits per heavy atom. The Morgan fingerprint density at radius 3 is 2.96 bits per heavy atom. The van der Waals surface area contributed by atoms with E-state index < -0.39 is 0 Å². The summed E-state index contributed by atoms with van der Waals surface area (Å²) in [4.78, 5) is 22.1. The zero-order chi connectivity index (χ0) is 17.1. The fraction of sp³-hybridized carbons (Fsp3) is 0.300. The molecule has 2 N–H and O–H groups in total. The molecule has 5 nitrogen and oxygen atoms in total. The van der Waals surface area contributed by atoms with E-state index in [0.29, 0.717) is 12.5 Å². The van der Waals surface area contributed by atoms with Crippen molar-refractivity contribution in [3.63, 3.8) is 0 Å². The number of benzene rings is 1. The van der Waals surface area contributed by atoms with Crippen LogP contribution in [0.4, 0.5) is 4.79 Å². The maximum atomic E-state index is 12.5. The van der Waals surface area contributed by atoms with Crippen molar-refractivity contribution in [2.24, 2.45) is 0 Å². The third-order valence-electron chi connectivity index (χ3n) is 4.87. The summed E-state index contributed by atoms with van der Waals surface area (Å²) in [7, 11) is 0. The molecule has 0 bridgehead atoms. The second-order valence-corrected chi connectivity index (χ2v) is 6.57. The van der Waals surface area contributed by atoms with Crippen LogP contribution >= 0.6 is 0 Å². The van der Waals surface area contributed by atoms with Gasteiger partial charge in [0.15, 0.2) is 0 Å².